The molecule has 0 aromatic rings. The van der Waals surface area contributed by atoms with Crippen LogP contribution < -0.4 is 5.32 Å². The average Bonchev–Trinajstić information content (AvgIpc) is 2.29. The highest BCUT2D eigenvalue weighted by molar-refractivity contribution is 4.87. The van der Waals surface area contributed by atoms with Crippen molar-refractivity contribution in [1.82, 2.24) is 10.2 Å². The number of hydrogen-bond acceptors (Lipinski definition) is 2. The van der Waals surface area contributed by atoms with Gasteiger partial charge in [-0.25, -0.2) is 0 Å². The highest BCUT2D eigenvalue weighted by Crippen LogP contribution is 2.35. The molecule has 0 aromatic heterocycles. The van der Waals surface area contributed by atoms with E-state index in [1.54, 1.807) is 0 Å². The Bertz CT molecular complexity index is 247. The number of rotatable bonds is 1. The standard InChI is InChI=1S/C12H21F3N2/c1-9-8-16-5-2-11(9)17-6-3-10(4-7-17)12(13,14)15/h9-11,16H,2-8H2,1H3. The average molecular weight is 250 g/mol. The summed E-state index contributed by atoms with van der Waals surface area (Å²) < 4.78 is 37.7. The summed E-state index contributed by atoms with van der Waals surface area (Å²) in [6, 6.07) is 0.477. The fourth-order valence-electron chi connectivity index (χ4n) is 3.10. The van der Waals surface area contributed by atoms with E-state index in [2.05, 4.69) is 17.1 Å². The second-order valence-corrected chi connectivity index (χ2v) is 5.39. The summed E-state index contributed by atoms with van der Waals surface area (Å²) in [6.07, 6.45) is -2.37. The highest BCUT2D eigenvalue weighted by atomic mass is 19.4. The molecule has 0 spiro atoms. The molecule has 2 heterocycles. The second kappa shape index (κ2) is 5.14. The van der Waals surface area contributed by atoms with E-state index in [1.807, 2.05) is 0 Å². The van der Waals surface area contributed by atoms with Crippen molar-refractivity contribution in [3.8, 4) is 0 Å². The second-order valence-electron chi connectivity index (χ2n) is 5.39. The van der Waals surface area contributed by atoms with E-state index in [4.69, 9.17) is 0 Å². The summed E-state index contributed by atoms with van der Waals surface area (Å²) in [5.41, 5.74) is 0. The normalized spacial score (nSPS) is 33.9. The first-order valence-corrected chi connectivity index (χ1v) is 6.50. The zero-order valence-corrected chi connectivity index (χ0v) is 10.3. The molecule has 5 heteroatoms. The molecule has 100 valence electrons. The van der Waals surface area contributed by atoms with E-state index in [9.17, 15) is 13.2 Å². The van der Waals surface area contributed by atoms with Crippen molar-refractivity contribution in [3.63, 3.8) is 0 Å². The lowest BCUT2D eigenvalue weighted by atomic mass is 9.89. The molecule has 2 atom stereocenters. The molecule has 2 unspecified atom stereocenters. The maximum Gasteiger partial charge on any atom is 0.391 e. The van der Waals surface area contributed by atoms with Crippen molar-refractivity contribution in [2.75, 3.05) is 26.2 Å². The van der Waals surface area contributed by atoms with Gasteiger partial charge in [0, 0.05) is 6.04 Å². The van der Waals surface area contributed by atoms with Crippen LogP contribution in [0, 0.1) is 11.8 Å². The van der Waals surface area contributed by atoms with Gasteiger partial charge in [-0.1, -0.05) is 6.92 Å². The Morgan fingerprint density at radius 2 is 1.76 bits per heavy atom. The topological polar surface area (TPSA) is 15.3 Å². The van der Waals surface area contributed by atoms with Gasteiger partial charge >= 0.3 is 6.18 Å². The molecule has 2 aliphatic rings. The van der Waals surface area contributed by atoms with Crippen molar-refractivity contribution < 1.29 is 13.2 Å². The van der Waals surface area contributed by atoms with Crippen LogP contribution in [0.4, 0.5) is 13.2 Å². The molecule has 0 aromatic carbocycles. The quantitative estimate of drug-likeness (QED) is 0.768. The molecule has 1 N–H and O–H groups in total. The van der Waals surface area contributed by atoms with Crippen LogP contribution in [0.1, 0.15) is 26.2 Å². The Balaban J connectivity index is 1.86. The molecule has 2 aliphatic heterocycles. The SMILES string of the molecule is CC1CNCCC1N1CCC(C(F)(F)F)CC1. The summed E-state index contributed by atoms with van der Waals surface area (Å²) in [6.45, 7) is 5.39. The minimum absolute atomic E-state index is 0.278. The van der Waals surface area contributed by atoms with Crippen LogP contribution in [0.3, 0.4) is 0 Å². The third-order valence-corrected chi connectivity index (χ3v) is 4.20. The van der Waals surface area contributed by atoms with Gasteiger partial charge in [0.15, 0.2) is 0 Å². The lowest BCUT2D eigenvalue weighted by Crippen LogP contribution is -2.52. The van der Waals surface area contributed by atoms with Gasteiger partial charge in [-0.3, -0.25) is 4.90 Å². The van der Waals surface area contributed by atoms with Gasteiger partial charge in [0.1, 0.15) is 0 Å². The summed E-state index contributed by atoms with van der Waals surface area (Å²) in [5, 5.41) is 3.33. The number of halogens is 3. The van der Waals surface area contributed by atoms with E-state index in [0.29, 0.717) is 25.0 Å². The fourth-order valence-corrected chi connectivity index (χ4v) is 3.10. The molecular formula is C12H21F3N2. The first-order valence-electron chi connectivity index (χ1n) is 6.50. The third-order valence-electron chi connectivity index (χ3n) is 4.20. The Kier molecular flexibility index (Phi) is 3.98. The summed E-state index contributed by atoms with van der Waals surface area (Å²) >= 11 is 0. The van der Waals surface area contributed by atoms with Crippen LogP contribution in [-0.4, -0.2) is 43.3 Å². The predicted octanol–water partition coefficient (Wildman–Crippen LogP) is 2.26. The Hall–Kier alpha value is -0.290. The highest BCUT2D eigenvalue weighted by Gasteiger charge is 2.42. The maximum atomic E-state index is 12.6. The summed E-state index contributed by atoms with van der Waals surface area (Å²) in [5.74, 6) is -0.526. The minimum atomic E-state index is -3.99. The molecule has 17 heavy (non-hydrogen) atoms. The van der Waals surface area contributed by atoms with Gasteiger partial charge < -0.3 is 5.32 Å². The van der Waals surface area contributed by atoms with Gasteiger partial charge in [0.2, 0.25) is 0 Å². The van der Waals surface area contributed by atoms with Crippen LogP contribution >= 0.6 is 0 Å². The van der Waals surface area contributed by atoms with Crippen LogP contribution in [0.5, 0.6) is 0 Å². The Morgan fingerprint density at radius 3 is 2.29 bits per heavy atom. The van der Waals surface area contributed by atoms with Crippen molar-refractivity contribution in [1.29, 1.82) is 0 Å². The van der Waals surface area contributed by atoms with Crippen LogP contribution in [0.2, 0.25) is 0 Å². The first-order chi connectivity index (χ1) is 7.98. The zero-order valence-electron chi connectivity index (χ0n) is 10.3. The van der Waals surface area contributed by atoms with Crippen molar-refractivity contribution in [2.45, 2.75) is 38.4 Å². The van der Waals surface area contributed by atoms with E-state index in [1.165, 1.54) is 0 Å². The molecule has 0 aliphatic carbocycles. The number of nitrogens with one attached hydrogen (secondary N) is 1. The van der Waals surface area contributed by atoms with Gasteiger partial charge in [-0.05, 0) is 51.4 Å². The maximum absolute atomic E-state index is 12.6. The lowest BCUT2D eigenvalue weighted by Gasteiger charge is -2.42. The smallest absolute Gasteiger partial charge is 0.316 e. The van der Waals surface area contributed by atoms with E-state index in [0.717, 1.165) is 19.5 Å². The van der Waals surface area contributed by atoms with Gasteiger partial charge in [0.25, 0.3) is 0 Å². The van der Waals surface area contributed by atoms with Crippen LogP contribution in [0.15, 0.2) is 0 Å². The molecule has 2 rings (SSSR count). The Morgan fingerprint density at radius 1 is 1.12 bits per heavy atom. The molecule has 0 radical (unpaired) electrons. The monoisotopic (exact) mass is 250 g/mol. The van der Waals surface area contributed by atoms with Crippen molar-refractivity contribution >= 4 is 0 Å². The summed E-state index contributed by atoms with van der Waals surface area (Å²) in [7, 11) is 0. The summed E-state index contributed by atoms with van der Waals surface area (Å²) in [4.78, 5) is 2.27. The lowest BCUT2D eigenvalue weighted by molar-refractivity contribution is -0.186. The first kappa shape index (κ1) is 13.1. The predicted molar refractivity (Wildman–Crippen MR) is 60.8 cm³/mol. The molecule has 0 amide bonds. The number of nitrogens with zero attached hydrogens (tertiary/aromatic N) is 1. The Labute approximate surface area is 101 Å². The molecular weight excluding hydrogens is 229 g/mol. The van der Waals surface area contributed by atoms with Crippen molar-refractivity contribution in [2.24, 2.45) is 11.8 Å². The number of alkyl halides is 3. The van der Waals surface area contributed by atoms with Gasteiger partial charge in [-0.2, -0.15) is 13.2 Å². The van der Waals surface area contributed by atoms with Crippen molar-refractivity contribution in [3.05, 3.63) is 0 Å². The number of hydrogen-bond donors (Lipinski definition) is 1. The third kappa shape index (κ3) is 3.13. The van der Waals surface area contributed by atoms with E-state index in [-0.39, 0.29) is 12.8 Å². The van der Waals surface area contributed by atoms with Crippen LogP contribution in [0.25, 0.3) is 0 Å². The van der Waals surface area contributed by atoms with Gasteiger partial charge in [-0.15, -0.1) is 0 Å². The molecule has 0 bridgehead atoms. The fraction of sp³-hybridized carbons (Fsp3) is 1.00. The molecule has 2 saturated heterocycles. The molecule has 2 nitrogen and oxygen atoms in total. The number of likely N-dealkylation sites (tertiary alicyclic amines) is 1. The van der Waals surface area contributed by atoms with E-state index >= 15 is 0 Å². The van der Waals surface area contributed by atoms with Crippen LogP contribution in [-0.2, 0) is 0 Å². The number of piperidine rings is 2. The van der Waals surface area contributed by atoms with Gasteiger partial charge in [0.05, 0.1) is 5.92 Å². The zero-order chi connectivity index (χ0) is 12.5. The minimum Gasteiger partial charge on any atom is -0.316 e. The van der Waals surface area contributed by atoms with E-state index < -0.39 is 12.1 Å². The molecule has 2 fully saturated rings. The largest absolute Gasteiger partial charge is 0.391 e. The molecule has 0 saturated carbocycles.